The van der Waals surface area contributed by atoms with Gasteiger partial charge in [0.2, 0.25) is 5.91 Å². The van der Waals surface area contributed by atoms with Gasteiger partial charge in [-0.15, -0.1) is 0 Å². The first kappa shape index (κ1) is 19.2. The number of ether oxygens (including phenoxy) is 1. The Bertz CT molecular complexity index is 760. The fourth-order valence-electron chi connectivity index (χ4n) is 3.54. The molecule has 0 aromatic heterocycles. The Morgan fingerprint density at radius 1 is 1.15 bits per heavy atom. The van der Waals surface area contributed by atoms with E-state index in [0.717, 1.165) is 25.3 Å². The highest BCUT2D eigenvalue weighted by Crippen LogP contribution is 2.24. The van der Waals surface area contributed by atoms with Crippen LogP contribution in [0.4, 0.5) is 11.4 Å². The summed E-state index contributed by atoms with van der Waals surface area (Å²) in [6, 6.07) is 16.6. The van der Waals surface area contributed by atoms with Crippen molar-refractivity contribution in [3.8, 4) is 5.75 Å². The number of aryl methyl sites for hydroxylation is 1. The highest BCUT2D eigenvalue weighted by atomic mass is 16.5. The van der Waals surface area contributed by atoms with Crippen LogP contribution in [0.5, 0.6) is 5.75 Å². The number of hydrogen-bond donors (Lipinski definition) is 1. The molecule has 2 aromatic rings. The molecule has 0 saturated carbocycles. The topological polar surface area (TPSA) is 44.8 Å². The van der Waals surface area contributed by atoms with E-state index >= 15 is 0 Å². The molecule has 2 aromatic carbocycles. The summed E-state index contributed by atoms with van der Waals surface area (Å²) in [7, 11) is 0. The van der Waals surface area contributed by atoms with Crippen LogP contribution in [0.3, 0.4) is 0 Å². The quantitative estimate of drug-likeness (QED) is 0.848. The van der Waals surface area contributed by atoms with Crippen LogP contribution in [0, 0.1) is 6.92 Å². The average Bonchev–Trinajstić information content (AvgIpc) is 2.65. The molecule has 3 rings (SSSR count). The molecule has 5 nitrogen and oxygen atoms in total. The predicted octanol–water partition coefficient (Wildman–Crippen LogP) is 3.54. The summed E-state index contributed by atoms with van der Waals surface area (Å²) in [5, 5.41) is 2.99. The number of nitrogens with zero attached hydrogens (tertiary/aromatic N) is 2. The molecule has 1 atom stereocenters. The molecule has 0 bridgehead atoms. The van der Waals surface area contributed by atoms with Crippen molar-refractivity contribution in [3.63, 3.8) is 0 Å². The number of carbonyl (C=O) groups is 1. The maximum Gasteiger partial charge on any atom is 0.238 e. The molecule has 1 unspecified atom stereocenters. The van der Waals surface area contributed by atoms with Gasteiger partial charge in [-0.2, -0.15) is 0 Å². The lowest BCUT2D eigenvalue weighted by Gasteiger charge is -2.41. The Labute approximate surface area is 161 Å². The first-order valence-corrected chi connectivity index (χ1v) is 9.64. The fraction of sp³-hybridized carbons (Fsp3) is 0.409. The van der Waals surface area contributed by atoms with Crippen molar-refractivity contribution in [2.75, 3.05) is 43.0 Å². The van der Waals surface area contributed by atoms with Gasteiger partial charge in [-0.05, 0) is 45.0 Å². The third kappa shape index (κ3) is 5.01. The predicted molar refractivity (Wildman–Crippen MR) is 111 cm³/mol. The molecule has 27 heavy (non-hydrogen) atoms. The van der Waals surface area contributed by atoms with Crippen LogP contribution in [0.1, 0.15) is 19.4 Å². The van der Waals surface area contributed by atoms with Crippen molar-refractivity contribution in [3.05, 3.63) is 54.1 Å². The van der Waals surface area contributed by atoms with Crippen LogP contribution in [0.25, 0.3) is 0 Å². The van der Waals surface area contributed by atoms with Crippen LogP contribution in [-0.2, 0) is 4.79 Å². The van der Waals surface area contributed by atoms with E-state index in [4.69, 9.17) is 4.74 Å². The van der Waals surface area contributed by atoms with Gasteiger partial charge in [-0.25, -0.2) is 0 Å². The first-order valence-electron chi connectivity index (χ1n) is 9.64. The number of nitrogens with one attached hydrogen (secondary N) is 1. The van der Waals surface area contributed by atoms with Gasteiger partial charge >= 0.3 is 0 Å². The van der Waals surface area contributed by atoms with Gasteiger partial charge in [0.25, 0.3) is 0 Å². The molecule has 1 saturated heterocycles. The van der Waals surface area contributed by atoms with E-state index in [1.165, 1.54) is 11.3 Å². The molecule has 0 spiro atoms. The summed E-state index contributed by atoms with van der Waals surface area (Å²) < 4.78 is 5.58. The number of hydrogen-bond acceptors (Lipinski definition) is 4. The smallest absolute Gasteiger partial charge is 0.238 e. The second kappa shape index (κ2) is 8.91. The van der Waals surface area contributed by atoms with Crippen LogP contribution in [-0.4, -0.2) is 49.6 Å². The molecule has 1 amide bonds. The third-order valence-electron chi connectivity index (χ3n) is 4.91. The average molecular weight is 367 g/mol. The summed E-state index contributed by atoms with van der Waals surface area (Å²) in [4.78, 5) is 17.1. The minimum Gasteiger partial charge on any atom is -0.492 e. The highest BCUT2D eigenvalue weighted by molar-refractivity contribution is 5.93. The summed E-state index contributed by atoms with van der Waals surface area (Å²) >= 11 is 0. The van der Waals surface area contributed by atoms with Gasteiger partial charge in [0.15, 0.2) is 0 Å². The second-order valence-corrected chi connectivity index (χ2v) is 7.09. The van der Waals surface area contributed by atoms with Crippen LogP contribution >= 0.6 is 0 Å². The van der Waals surface area contributed by atoms with Gasteiger partial charge in [-0.1, -0.05) is 29.8 Å². The van der Waals surface area contributed by atoms with Crippen molar-refractivity contribution in [2.45, 2.75) is 26.8 Å². The zero-order valence-corrected chi connectivity index (χ0v) is 16.4. The van der Waals surface area contributed by atoms with E-state index in [-0.39, 0.29) is 5.91 Å². The van der Waals surface area contributed by atoms with E-state index in [9.17, 15) is 4.79 Å². The number of anilines is 2. The minimum atomic E-state index is -0.00172. The third-order valence-corrected chi connectivity index (χ3v) is 4.91. The number of rotatable bonds is 6. The van der Waals surface area contributed by atoms with E-state index in [2.05, 4.69) is 53.2 Å². The molecular formula is C22H29N3O2. The number of piperazine rings is 1. The number of amides is 1. The standard InChI is InChI=1S/C22H29N3O2/c1-4-27-21-8-6-5-7-20(21)23-22(26)16-24-13-14-25(18(3)15-24)19-11-9-17(2)10-12-19/h5-12,18H,4,13-16H2,1-3H3,(H,23,26). The maximum absolute atomic E-state index is 12.5. The number of benzene rings is 2. The van der Waals surface area contributed by atoms with Crippen molar-refractivity contribution in [1.82, 2.24) is 4.90 Å². The van der Waals surface area contributed by atoms with Crippen LogP contribution < -0.4 is 15.0 Å². The van der Waals surface area contributed by atoms with Crippen molar-refractivity contribution >= 4 is 17.3 Å². The Balaban J connectivity index is 1.55. The molecule has 0 aliphatic carbocycles. The van der Waals surface area contributed by atoms with E-state index in [0.29, 0.717) is 24.9 Å². The Morgan fingerprint density at radius 2 is 1.89 bits per heavy atom. The summed E-state index contributed by atoms with van der Waals surface area (Å²) in [5.41, 5.74) is 3.26. The van der Waals surface area contributed by atoms with Crippen LogP contribution in [0.15, 0.2) is 48.5 Å². The summed E-state index contributed by atoms with van der Waals surface area (Å²) in [6.45, 7) is 9.90. The molecule has 5 heteroatoms. The molecular weight excluding hydrogens is 338 g/mol. The van der Waals surface area contributed by atoms with Crippen LogP contribution in [0.2, 0.25) is 0 Å². The van der Waals surface area contributed by atoms with Crippen molar-refractivity contribution in [2.24, 2.45) is 0 Å². The molecule has 1 N–H and O–H groups in total. The highest BCUT2D eigenvalue weighted by Gasteiger charge is 2.25. The lowest BCUT2D eigenvalue weighted by atomic mass is 10.1. The van der Waals surface area contributed by atoms with Gasteiger partial charge in [0.05, 0.1) is 18.8 Å². The van der Waals surface area contributed by atoms with Gasteiger partial charge in [0.1, 0.15) is 5.75 Å². The molecule has 0 radical (unpaired) electrons. The Kier molecular flexibility index (Phi) is 6.35. The van der Waals surface area contributed by atoms with E-state index < -0.39 is 0 Å². The minimum absolute atomic E-state index is 0.00172. The molecule has 1 aliphatic rings. The maximum atomic E-state index is 12.5. The molecule has 1 aliphatic heterocycles. The van der Waals surface area contributed by atoms with Gasteiger partial charge in [-0.3, -0.25) is 9.69 Å². The largest absolute Gasteiger partial charge is 0.492 e. The first-order chi connectivity index (χ1) is 13.1. The van der Waals surface area contributed by atoms with E-state index in [1.807, 2.05) is 31.2 Å². The summed E-state index contributed by atoms with van der Waals surface area (Å²) in [5.74, 6) is 0.712. The fourth-order valence-corrected chi connectivity index (χ4v) is 3.54. The number of carbonyl (C=O) groups excluding carboxylic acids is 1. The lowest BCUT2D eigenvalue weighted by molar-refractivity contribution is -0.117. The van der Waals surface area contributed by atoms with Gasteiger partial charge < -0.3 is 15.0 Å². The van der Waals surface area contributed by atoms with Crippen molar-refractivity contribution in [1.29, 1.82) is 0 Å². The zero-order valence-electron chi connectivity index (χ0n) is 16.4. The monoisotopic (exact) mass is 367 g/mol. The lowest BCUT2D eigenvalue weighted by Crippen LogP contribution is -2.53. The summed E-state index contributed by atoms with van der Waals surface area (Å²) in [6.07, 6.45) is 0. The Morgan fingerprint density at radius 3 is 2.59 bits per heavy atom. The molecule has 144 valence electrons. The van der Waals surface area contributed by atoms with E-state index in [1.54, 1.807) is 0 Å². The second-order valence-electron chi connectivity index (χ2n) is 7.09. The zero-order chi connectivity index (χ0) is 19.2. The SMILES string of the molecule is CCOc1ccccc1NC(=O)CN1CCN(c2ccc(C)cc2)C(C)C1. The van der Waals surface area contributed by atoms with Gasteiger partial charge in [0, 0.05) is 31.4 Å². The van der Waals surface area contributed by atoms with Crippen molar-refractivity contribution < 1.29 is 9.53 Å². The number of para-hydroxylation sites is 2. The molecule has 1 fully saturated rings. The normalized spacial score (nSPS) is 17.6. The molecule has 1 heterocycles. The Hall–Kier alpha value is -2.53.